The van der Waals surface area contributed by atoms with Gasteiger partial charge >= 0.3 is 0 Å². The van der Waals surface area contributed by atoms with Gasteiger partial charge in [-0.3, -0.25) is 0 Å². The summed E-state index contributed by atoms with van der Waals surface area (Å²) in [6.45, 7) is 1.58. The van der Waals surface area contributed by atoms with Crippen LogP contribution in [0.2, 0.25) is 5.82 Å². The van der Waals surface area contributed by atoms with E-state index in [2.05, 4.69) is 0 Å². The first kappa shape index (κ1) is 9.04. The van der Waals surface area contributed by atoms with E-state index in [-0.39, 0.29) is 18.3 Å². The molecule has 3 nitrogen and oxygen atoms in total. The Morgan fingerprint density at radius 1 is 1.64 bits per heavy atom. The molecule has 0 radical (unpaired) electrons. The second-order valence-electron chi connectivity index (χ2n) is 3.75. The maximum Gasteiger partial charge on any atom is 0.109 e. The van der Waals surface area contributed by atoms with Crippen LogP contribution in [0, 0.1) is 5.92 Å². The average Bonchev–Trinajstić information content (AvgIpc) is 2.14. The summed E-state index contributed by atoms with van der Waals surface area (Å²) < 4.78 is 0. The van der Waals surface area contributed by atoms with E-state index in [0.717, 1.165) is 0 Å². The summed E-state index contributed by atoms with van der Waals surface area (Å²) in [6, 6.07) is 0. The second-order valence-corrected chi connectivity index (χ2v) is 3.75. The number of aliphatic hydroxyl groups is 3. The van der Waals surface area contributed by atoms with Gasteiger partial charge in [-0.15, -0.1) is 0 Å². The number of hydrogen-bond donors (Lipinski definition) is 3. The molecule has 0 spiro atoms. The van der Waals surface area contributed by atoms with E-state index in [1.165, 1.54) is 0 Å². The van der Waals surface area contributed by atoms with Crippen LogP contribution in [0.15, 0.2) is 0 Å². The van der Waals surface area contributed by atoms with Gasteiger partial charge in [0.1, 0.15) is 7.85 Å². The molecule has 1 aliphatic rings. The van der Waals surface area contributed by atoms with Crippen molar-refractivity contribution in [3.63, 3.8) is 0 Å². The van der Waals surface area contributed by atoms with Gasteiger partial charge in [-0.25, -0.2) is 0 Å². The van der Waals surface area contributed by atoms with Crippen molar-refractivity contribution in [3.8, 4) is 0 Å². The quantitative estimate of drug-likeness (QED) is 0.408. The van der Waals surface area contributed by atoms with Gasteiger partial charge in [-0.2, -0.15) is 0 Å². The largest absolute Gasteiger partial charge is 0.396 e. The van der Waals surface area contributed by atoms with Crippen LogP contribution in [0.5, 0.6) is 0 Å². The summed E-state index contributed by atoms with van der Waals surface area (Å²) in [4.78, 5) is 0. The summed E-state index contributed by atoms with van der Waals surface area (Å²) in [6.07, 6.45) is -0.0764. The van der Waals surface area contributed by atoms with Gasteiger partial charge in [0.25, 0.3) is 0 Å². The lowest BCUT2D eigenvalue weighted by Gasteiger charge is -2.27. The zero-order chi connectivity index (χ0) is 8.65. The Labute approximate surface area is 67.5 Å². The van der Waals surface area contributed by atoms with Gasteiger partial charge in [-0.05, 0) is 19.2 Å². The number of hydrogen-bond acceptors (Lipinski definition) is 3. The van der Waals surface area contributed by atoms with Gasteiger partial charge < -0.3 is 15.3 Å². The second kappa shape index (κ2) is 2.77. The molecule has 0 aromatic rings. The molecule has 0 aromatic heterocycles. The van der Waals surface area contributed by atoms with E-state index in [0.29, 0.717) is 6.42 Å². The van der Waals surface area contributed by atoms with Crippen LogP contribution < -0.4 is 0 Å². The SMILES string of the molecule is B[C@@H]1C[C@H](CO)[C@@H](O)[C@@]1(C)O. The summed E-state index contributed by atoms with van der Waals surface area (Å²) in [5.74, 6) is -0.0883. The van der Waals surface area contributed by atoms with E-state index in [1.807, 2.05) is 7.85 Å². The fourth-order valence-corrected chi connectivity index (χ4v) is 1.76. The highest BCUT2D eigenvalue weighted by molar-refractivity contribution is 6.12. The highest BCUT2D eigenvalue weighted by atomic mass is 16.3. The third kappa shape index (κ3) is 1.30. The van der Waals surface area contributed by atoms with Crippen LogP contribution in [-0.4, -0.2) is 41.5 Å². The Hall–Kier alpha value is -0.0551. The molecule has 0 aromatic carbocycles. The van der Waals surface area contributed by atoms with Crippen molar-refractivity contribution in [2.75, 3.05) is 6.61 Å². The molecule has 1 rings (SSSR count). The summed E-state index contributed by atoms with van der Waals surface area (Å²) in [7, 11) is 1.89. The van der Waals surface area contributed by atoms with Gasteiger partial charge in [-0.1, -0.05) is 0 Å². The predicted molar refractivity (Wildman–Crippen MR) is 44.1 cm³/mol. The van der Waals surface area contributed by atoms with Crippen LogP contribution in [0.25, 0.3) is 0 Å². The Balaban J connectivity index is 2.71. The van der Waals surface area contributed by atoms with Crippen molar-refractivity contribution in [2.24, 2.45) is 5.92 Å². The van der Waals surface area contributed by atoms with E-state index in [9.17, 15) is 10.2 Å². The van der Waals surface area contributed by atoms with Crippen LogP contribution in [0.1, 0.15) is 13.3 Å². The van der Waals surface area contributed by atoms with Gasteiger partial charge in [0, 0.05) is 12.5 Å². The molecular weight excluding hydrogens is 143 g/mol. The van der Waals surface area contributed by atoms with Crippen molar-refractivity contribution in [1.82, 2.24) is 0 Å². The molecule has 0 bridgehead atoms. The Morgan fingerprint density at radius 2 is 2.18 bits per heavy atom. The lowest BCUT2D eigenvalue weighted by atomic mass is 9.76. The molecule has 1 saturated carbocycles. The monoisotopic (exact) mass is 158 g/mol. The van der Waals surface area contributed by atoms with Crippen molar-refractivity contribution in [2.45, 2.75) is 30.9 Å². The van der Waals surface area contributed by atoms with Crippen LogP contribution in [0.4, 0.5) is 0 Å². The maximum absolute atomic E-state index is 9.67. The Morgan fingerprint density at radius 3 is 2.36 bits per heavy atom. The fourth-order valence-electron chi connectivity index (χ4n) is 1.76. The van der Waals surface area contributed by atoms with Crippen molar-refractivity contribution in [3.05, 3.63) is 0 Å². The minimum Gasteiger partial charge on any atom is -0.396 e. The molecule has 4 heteroatoms. The minimum absolute atomic E-state index is 0.0400. The number of rotatable bonds is 1. The Bertz CT molecular complexity index is 149. The molecule has 3 N–H and O–H groups in total. The molecule has 1 aliphatic carbocycles. The molecule has 64 valence electrons. The lowest BCUT2D eigenvalue weighted by Crippen LogP contribution is -2.40. The highest BCUT2D eigenvalue weighted by Crippen LogP contribution is 2.41. The van der Waals surface area contributed by atoms with Gasteiger partial charge in [0.15, 0.2) is 0 Å². The zero-order valence-corrected chi connectivity index (χ0v) is 6.99. The van der Waals surface area contributed by atoms with Crippen molar-refractivity contribution in [1.29, 1.82) is 0 Å². The highest BCUT2D eigenvalue weighted by Gasteiger charge is 2.47. The summed E-state index contributed by atoms with van der Waals surface area (Å²) >= 11 is 0. The summed E-state index contributed by atoms with van der Waals surface area (Å²) in [5, 5.41) is 28.0. The van der Waals surface area contributed by atoms with Gasteiger partial charge in [0.05, 0.1) is 11.7 Å². The van der Waals surface area contributed by atoms with Crippen molar-refractivity contribution < 1.29 is 15.3 Å². The standard InChI is InChI=1S/C7H15BO3/c1-7(11)5(8)2-4(3-9)6(7)10/h4-6,9-11H,2-3,8H2,1H3/t4-,5-,6-,7+/m1/s1. The van der Waals surface area contributed by atoms with Crippen molar-refractivity contribution >= 4 is 7.85 Å². The molecule has 0 aliphatic heterocycles. The average molecular weight is 158 g/mol. The smallest absolute Gasteiger partial charge is 0.109 e. The minimum atomic E-state index is -1.02. The van der Waals surface area contributed by atoms with Crippen LogP contribution >= 0.6 is 0 Å². The van der Waals surface area contributed by atoms with E-state index in [4.69, 9.17) is 5.11 Å². The molecule has 0 saturated heterocycles. The first-order valence-corrected chi connectivity index (χ1v) is 4.01. The first-order valence-electron chi connectivity index (χ1n) is 4.01. The van der Waals surface area contributed by atoms with E-state index in [1.54, 1.807) is 6.92 Å². The normalized spacial score (nSPS) is 51.5. The fraction of sp³-hybridized carbons (Fsp3) is 1.00. The third-order valence-electron chi connectivity index (χ3n) is 2.93. The van der Waals surface area contributed by atoms with Crippen LogP contribution in [0.3, 0.4) is 0 Å². The molecule has 4 atom stereocenters. The maximum atomic E-state index is 9.67. The van der Waals surface area contributed by atoms with E-state index < -0.39 is 11.7 Å². The van der Waals surface area contributed by atoms with E-state index >= 15 is 0 Å². The Kier molecular flexibility index (Phi) is 2.28. The topological polar surface area (TPSA) is 60.7 Å². The molecular formula is C7H15BO3. The number of aliphatic hydroxyl groups excluding tert-OH is 2. The molecule has 0 unspecified atom stereocenters. The third-order valence-corrected chi connectivity index (χ3v) is 2.93. The van der Waals surface area contributed by atoms with Gasteiger partial charge in [0.2, 0.25) is 0 Å². The summed E-state index contributed by atoms with van der Waals surface area (Å²) in [5.41, 5.74) is -1.02. The molecule has 0 amide bonds. The molecule has 11 heavy (non-hydrogen) atoms. The molecule has 1 fully saturated rings. The predicted octanol–water partition coefficient (Wildman–Crippen LogP) is -1.47. The first-order chi connectivity index (χ1) is 5.00. The van der Waals surface area contributed by atoms with Crippen LogP contribution in [-0.2, 0) is 0 Å². The lowest BCUT2D eigenvalue weighted by molar-refractivity contribution is -0.0602. The zero-order valence-electron chi connectivity index (χ0n) is 6.99. The molecule has 0 heterocycles.